The van der Waals surface area contributed by atoms with Gasteiger partial charge >= 0.3 is 6.09 Å². The van der Waals surface area contributed by atoms with Gasteiger partial charge in [0.05, 0.1) is 22.2 Å². The molecule has 0 spiro atoms. The van der Waals surface area contributed by atoms with Crippen LogP contribution < -0.4 is 16.6 Å². The van der Waals surface area contributed by atoms with Gasteiger partial charge in [-0.2, -0.15) is 0 Å². The van der Waals surface area contributed by atoms with E-state index in [1.807, 2.05) is 48.5 Å². The molecule has 2 aliphatic rings. The zero-order chi connectivity index (χ0) is 36.8. The van der Waals surface area contributed by atoms with Crippen molar-refractivity contribution in [2.24, 2.45) is 5.73 Å². The smallest absolute Gasteiger partial charge is 0.410 e. The number of nitrogens with zero attached hydrogens (tertiary/aromatic N) is 3. The van der Waals surface area contributed by atoms with Gasteiger partial charge in [-0.3, -0.25) is 14.0 Å². The third kappa shape index (κ3) is 7.72. The van der Waals surface area contributed by atoms with Gasteiger partial charge in [-0.1, -0.05) is 83.9 Å². The van der Waals surface area contributed by atoms with Gasteiger partial charge in [-0.25, -0.2) is 9.78 Å². The van der Waals surface area contributed by atoms with E-state index in [0.29, 0.717) is 34.1 Å². The van der Waals surface area contributed by atoms with E-state index in [1.165, 1.54) is 21.1 Å². The minimum Gasteiger partial charge on any atom is -0.444 e. The van der Waals surface area contributed by atoms with Gasteiger partial charge in [0.2, 0.25) is 5.91 Å². The molecule has 5 aromatic rings. The minimum absolute atomic E-state index is 0.0238. The Morgan fingerprint density at radius 3 is 2.19 bits per heavy atom. The van der Waals surface area contributed by atoms with Crippen LogP contribution in [0.25, 0.3) is 39.0 Å². The lowest BCUT2D eigenvalue weighted by Gasteiger charge is -2.29. The summed E-state index contributed by atoms with van der Waals surface area (Å²) in [5.41, 5.74) is 12.2. The summed E-state index contributed by atoms with van der Waals surface area (Å²) in [5.74, 6) is -0.0600. The zero-order valence-corrected chi connectivity index (χ0v) is 30.9. The summed E-state index contributed by atoms with van der Waals surface area (Å²) < 4.78 is 7.08. The van der Waals surface area contributed by atoms with Gasteiger partial charge in [0.1, 0.15) is 11.2 Å². The van der Waals surface area contributed by atoms with E-state index in [9.17, 15) is 14.4 Å². The predicted molar refractivity (Wildman–Crippen MR) is 205 cm³/mol. The number of nitrogens with two attached hydrogens (primary N) is 1. The van der Waals surface area contributed by atoms with Crippen molar-refractivity contribution in [3.63, 3.8) is 0 Å². The number of pyridine rings is 1. The van der Waals surface area contributed by atoms with Crippen LogP contribution in [0.3, 0.4) is 0 Å². The van der Waals surface area contributed by atoms with Crippen molar-refractivity contribution in [3.8, 4) is 33.4 Å². The lowest BCUT2D eigenvalue weighted by molar-refractivity contribution is -0.119. The lowest BCUT2D eigenvalue weighted by atomic mass is 9.95. The van der Waals surface area contributed by atoms with Crippen molar-refractivity contribution < 1.29 is 14.3 Å². The van der Waals surface area contributed by atoms with Crippen LogP contribution >= 0.6 is 23.2 Å². The molecule has 0 bridgehead atoms. The largest absolute Gasteiger partial charge is 0.444 e. The fourth-order valence-electron chi connectivity index (χ4n) is 6.68. The van der Waals surface area contributed by atoms with E-state index in [1.54, 1.807) is 27.0 Å². The van der Waals surface area contributed by atoms with Crippen molar-refractivity contribution in [1.29, 1.82) is 0 Å². The normalized spacial score (nSPS) is 16.5. The minimum atomic E-state index is -0.732. The Balaban J connectivity index is 1.15. The molecule has 3 aromatic carbocycles. The Morgan fingerprint density at radius 1 is 0.962 bits per heavy atom. The number of benzene rings is 3. The average Bonchev–Trinajstić information content (AvgIpc) is 3.68. The summed E-state index contributed by atoms with van der Waals surface area (Å²) in [5, 5.41) is 4.00. The molecule has 1 saturated heterocycles. The quantitative estimate of drug-likeness (QED) is 0.158. The highest BCUT2D eigenvalue weighted by Crippen LogP contribution is 2.43. The molecule has 268 valence electrons. The first-order chi connectivity index (χ1) is 24.8. The van der Waals surface area contributed by atoms with Crippen LogP contribution in [0.5, 0.6) is 0 Å². The van der Waals surface area contributed by atoms with Crippen molar-refractivity contribution in [3.05, 3.63) is 117 Å². The number of carbonyl (C=O) groups is 2. The maximum absolute atomic E-state index is 13.7. The number of fused-ring (bicyclic) bond motifs is 1. The molecule has 2 amide bonds. The Labute approximate surface area is 312 Å². The fourth-order valence-corrected chi connectivity index (χ4v) is 7.35. The van der Waals surface area contributed by atoms with E-state index in [-0.39, 0.29) is 36.1 Å². The molecule has 1 aliphatic heterocycles. The highest BCUT2D eigenvalue weighted by molar-refractivity contribution is 6.39. The molecule has 1 atom stereocenters. The van der Waals surface area contributed by atoms with Gasteiger partial charge in [-0.05, 0) is 75.3 Å². The average molecular weight is 739 g/mol. The highest BCUT2D eigenvalue weighted by Gasteiger charge is 2.38. The molecule has 3 heterocycles. The van der Waals surface area contributed by atoms with Crippen molar-refractivity contribution in [1.82, 2.24) is 19.6 Å². The summed E-state index contributed by atoms with van der Waals surface area (Å²) in [7, 11) is 0. The third-order valence-corrected chi connectivity index (χ3v) is 10.4. The summed E-state index contributed by atoms with van der Waals surface area (Å²) in [4.78, 5) is 44.8. The van der Waals surface area contributed by atoms with E-state index < -0.39 is 11.7 Å². The summed E-state index contributed by atoms with van der Waals surface area (Å²) >= 11 is 14.2. The van der Waals surface area contributed by atoms with Gasteiger partial charge < -0.3 is 20.7 Å². The monoisotopic (exact) mass is 737 g/mol. The number of aromatic nitrogens is 2. The zero-order valence-electron chi connectivity index (χ0n) is 29.4. The fraction of sp³-hybridized carbons (Fsp3) is 0.317. The Hall–Kier alpha value is -4.70. The molecule has 0 radical (unpaired) electrons. The first kappa shape index (κ1) is 35.7. The molecule has 2 fully saturated rings. The lowest BCUT2D eigenvalue weighted by Crippen LogP contribution is -2.44. The number of ether oxygens (including phenoxy) is 1. The second-order valence-electron chi connectivity index (χ2n) is 15.0. The SMILES string of the molecule is CC(C)(C)OC(=O)N(Cc1cnc2cc(-c3cccc(-c4cccc(-c5ccc(CC6(N)CC6)cc5)c4Cl)c3Cl)ccn2c1=O)C[C@@H]1CCC(=O)N1. The van der Waals surface area contributed by atoms with Crippen molar-refractivity contribution in [2.75, 3.05) is 6.54 Å². The standard InChI is InChI=1S/C41H41Cl2N5O4/c1-40(2,3)52-39(51)47(24-29-14-15-35(49)46-29)23-28-22-45-34-20-27(16-19-48(34)38(28)50)31-7-5-9-33(37(31)43)32-8-4-6-30(36(32)42)26-12-10-25(11-13-26)21-41(44)17-18-41/h4-13,16,19-20,22,29H,14-15,17-18,21,23-24,44H2,1-3H3,(H,46,49)/t29-/m0/s1. The number of nitrogens with one attached hydrogen (secondary N) is 1. The molecular formula is C41H41Cl2N5O4. The molecule has 3 N–H and O–H groups in total. The number of hydrogen-bond donors (Lipinski definition) is 2. The number of hydrogen-bond acceptors (Lipinski definition) is 6. The predicted octanol–water partition coefficient (Wildman–Crippen LogP) is 8.05. The highest BCUT2D eigenvalue weighted by atomic mass is 35.5. The molecule has 7 rings (SSSR count). The number of amides is 2. The summed E-state index contributed by atoms with van der Waals surface area (Å²) in [6.07, 6.45) is 6.58. The maximum atomic E-state index is 13.7. The molecule has 9 nitrogen and oxygen atoms in total. The van der Waals surface area contributed by atoms with Crippen molar-refractivity contribution >= 4 is 40.8 Å². The topological polar surface area (TPSA) is 119 Å². The van der Waals surface area contributed by atoms with Gasteiger partial charge in [0.25, 0.3) is 5.56 Å². The van der Waals surface area contributed by atoms with E-state index in [4.69, 9.17) is 33.7 Å². The number of rotatable bonds is 9. The second-order valence-corrected chi connectivity index (χ2v) is 15.7. The Bertz CT molecular complexity index is 2240. The van der Waals surface area contributed by atoms with Crippen LogP contribution in [0.1, 0.15) is 57.6 Å². The van der Waals surface area contributed by atoms with Gasteiger partial charge in [0, 0.05) is 59.2 Å². The number of carbonyl (C=O) groups excluding carboxylic acids is 2. The first-order valence-corrected chi connectivity index (χ1v) is 18.3. The molecule has 0 unspecified atom stereocenters. The van der Waals surface area contributed by atoms with Crippen LogP contribution in [0.4, 0.5) is 4.79 Å². The third-order valence-electron chi connectivity index (χ3n) is 9.63. The van der Waals surface area contributed by atoms with Crippen LogP contribution in [-0.2, 0) is 22.5 Å². The second kappa shape index (κ2) is 14.0. The van der Waals surface area contributed by atoms with Crippen molar-refractivity contribution in [2.45, 2.75) is 76.6 Å². The first-order valence-electron chi connectivity index (χ1n) is 17.5. The van der Waals surface area contributed by atoms with Crippen LogP contribution in [0.2, 0.25) is 10.0 Å². The molecule has 11 heteroatoms. The van der Waals surface area contributed by atoms with Crippen LogP contribution in [0.15, 0.2) is 90.0 Å². The molecular weight excluding hydrogens is 697 g/mol. The maximum Gasteiger partial charge on any atom is 0.410 e. The Morgan fingerprint density at radius 2 is 1.60 bits per heavy atom. The molecule has 52 heavy (non-hydrogen) atoms. The summed E-state index contributed by atoms with van der Waals surface area (Å²) in [6.45, 7) is 5.54. The molecule has 2 aromatic heterocycles. The Kier molecular flexibility index (Phi) is 9.63. The van der Waals surface area contributed by atoms with E-state index >= 15 is 0 Å². The molecule has 1 aliphatic carbocycles. The van der Waals surface area contributed by atoms with Crippen LogP contribution in [0, 0.1) is 0 Å². The number of halogens is 2. The van der Waals surface area contributed by atoms with Gasteiger partial charge in [0.15, 0.2) is 0 Å². The summed E-state index contributed by atoms with van der Waals surface area (Å²) in [6, 6.07) is 23.6. The molecule has 1 saturated carbocycles. The van der Waals surface area contributed by atoms with E-state index in [2.05, 4.69) is 34.6 Å². The van der Waals surface area contributed by atoms with Crippen LogP contribution in [-0.4, -0.2) is 50.0 Å². The van der Waals surface area contributed by atoms with E-state index in [0.717, 1.165) is 52.6 Å². The van der Waals surface area contributed by atoms with Gasteiger partial charge in [-0.15, -0.1) is 0 Å².